The van der Waals surface area contributed by atoms with Gasteiger partial charge in [0.15, 0.2) is 0 Å². The summed E-state index contributed by atoms with van der Waals surface area (Å²) in [6, 6.07) is 88.1. The van der Waals surface area contributed by atoms with Crippen molar-refractivity contribution in [1.82, 2.24) is 0 Å². The van der Waals surface area contributed by atoms with Crippen molar-refractivity contribution in [2.45, 2.75) is 24.7 Å². The summed E-state index contributed by atoms with van der Waals surface area (Å²) < 4.78 is 2.67. The van der Waals surface area contributed by atoms with Crippen molar-refractivity contribution in [2.75, 3.05) is 4.90 Å². The van der Waals surface area contributed by atoms with Crippen molar-refractivity contribution >= 4 is 48.6 Å². The van der Waals surface area contributed by atoms with Crippen LogP contribution >= 0.6 is 11.3 Å². The molecule has 0 bridgehead atoms. The fourth-order valence-corrected chi connectivity index (χ4v) is 12.7. The first kappa shape index (κ1) is 38.7. The molecule has 0 spiro atoms. The molecule has 2 heteroatoms. The zero-order valence-corrected chi connectivity index (χ0v) is 37.7. The summed E-state index contributed by atoms with van der Waals surface area (Å²) in [6.45, 7) is 4.83. The summed E-state index contributed by atoms with van der Waals surface area (Å²) in [4.78, 5) is 2.49. The number of hydrogen-bond acceptors (Lipinski definition) is 2. The number of nitrogens with zero attached hydrogens (tertiary/aromatic N) is 1. The van der Waals surface area contributed by atoms with E-state index in [0.29, 0.717) is 0 Å². The van der Waals surface area contributed by atoms with E-state index in [4.69, 9.17) is 0 Å². The van der Waals surface area contributed by atoms with E-state index in [0.717, 1.165) is 17.1 Å². The van der Waals surface area contributed by atoms with E-state index in [9.17, 15) is 0 Å². The van der Waals surface area contributed by atoms with Crippen molar-refractivity contribution < 1.29 is 0 Å². The number of benzene rings is 10. The van der Waals surface area contributed by atoms with E-state index in [1.807, 2.05) is 11.3 Å². The van der Waals surface area contributed by atoms with Crippen molar-refractivity contribution in [2.24, 2.45) is 0 Å². The van der Waals surface area contributed by atoms with E-state index in [-0.39, 0.29) is 5.41 Å². The van der Waals surface area contributed by atoms with Gasteiger partial charge in [0.05, 0.1) is 5.41 Å². The van der Waals surface area contributed by atoms with Crippen molar-refractivity contribution in [3.63, 3.8) is 0 Å². The fraction of sp³-hybridized carbons (Fsp3) is 0.0625. The summed E-state index contributed by atoms with van der Waals surface area (Å²) in [7, 11) is 0. The summed E-state index contributed by atoms with van der Waals surface area (Å²) in [6.07, 6.45) is 0. The lowest BCUT2D eigenvalue weighted by Crippen LogP contribution is -2.28. The molecule has 0 amide bonds. The molecular formula is C64H45NS. The molecule has 1 nitrogen and oxygen atoms in total. The number of anilines is 3. The lowest BCUT2D eigenvalue weighted by atomic mass is 9.67. The van der Waals surface area contributed by atoms with Gasteiger partial charge in [0, 0.05) is 42.6 Å². The highest BCUT2D eigenvalue weighted by atomic mass is 32.1. The first-order valence-corrected chi connectivity index (χ1v) is 23.8. The van der Waals surface area contributed by atoms with Gasteiger partial charge in [-0.25, -0.2) is 0 Å². The van der Waals surface area contributed by atoms with Gasteiger partial charge in [0.1, 0.15) is 0 Å². The Morgan fingerprint density at radius 1 is 0.348 bits per heavy atom. The van der Waals surface area contributed by atoms with Gasteiger partial charge in [-0.15, -0.1) is 11.3 Å². The number of fused-ring (bicyclic) bond motifs is 9. The minimum absolute atomic E-state index is 0.205. The van der Waals surface area contributed by atoms with Gasteiger partial charge >= 0.3 is 0 Å². The second-order valence-corrected chi connectivity index (χ2v) is 19.5. The van der Waals surface area contributed by atoms with Gasteiger partial charge in [-0.1, -0.05) is 202 Å². The van der Waals surface area contributed by atoms with E-state index in [1.54, 1.807) is 0 Å². The normalized spacial score (nSPS) is 13.8. The Bertz CT molecular complexity index is 3600. The zero-order valence-electron chi connectivity index (χ0n) is 36.9. The minimum atomic E-state index is -0.520. The van der Waals surface area contributed by atoms with Crippen LogP contribution in [0.4, 0.5) is 17.1 Å². The highest BCUT2D eigenvalue weighted by Gasteiger charge is 2.46. The third kappa shape index (κ3) is 5.65. The summed E-state index contributed by atoms with van der Waals surface area (Å²) >= 11 is 1.91. The molecule has 13 rings (SSSR count). The van der Waals surface area contributed by atoms with Crippen molar-refractivity contribution in [3.8, 4) is 44.5 Å². The summed E-state index contributed by atoms with van der Waals surface area (Å²) in [5.74, 6) is 0. The lowest BCUT2D eigenvalue weighted by Gasteiger charge is -2.35. The van der Waals surface area contributed by atoms with Gasteiger partial charge < -0.3 is 4.90 Å². The van der Waals surface area contributed by atoms with Crippen molar-refractivity contribution in [1.29, 1.82) is 0 Å². The highest BCUT2D eigenvalue weighted by Crippen LogP contribution is 2.59. The lowest BCUT2D eigenvalue weighted by molar-refractivity contribution is 0.661. The first-order valence-electron chi connectivity index (χ1n) is 23.0. The molecule has 66 heavy (non-hydrogen) atoms. The molecule has 0 N–H and O–H groups in total. The molecule has 0 aliphatic heterocycles. The van der Waals surface area contributed by atoms with Crippen LogP contribution in [0.25, 0.3) is 64.7 Å². The third-order valence-corrected chi connectivity index (χ3v) is 15.7. The van der Waals surface area contributed by atoms with Crippen LogP contribution in [0, 0.1) is 0 Å². The van der Waals surface area contributed by atoms with Crippen LogP contribution in [-0.2, 0) is 10.8 Å². The Kier molecular flexibility index (Phi) is 8.72. The van der Waals surface area contributed by atoms with Crippen LogP contribution in [0.1, 0.15) is 47.2 Å². The molecule has 0 saturated carbocycles. The third-order valence-electron chi connectivity index (χ3n) is 14.5. The van der Waals surface area contributed by atoms with Crippen LogP contribution < -0.4 is 4.90 Å². The smallest absolute Gasteiger partial charge is 0.0714 e. The molecule has 2 aliphatic carbocycles. The van der Waals surface area contributed by atoms with Gasteiger partial charge in [0.2, 0.25) is 0 Å². The molecule has 312 valence electrons. The highest BCUT2D eigenvalue weighted by molar-refractivity contribution is 7.26. The van der Waals surface area contributed by atoms with E-state index in [2.05, 4.69) is 255 Å². The molecule has 11 aromatic rings. The second kappa shape index (κ2) is 14.9. The van der Waals surface area contributed by atoms with Crippen molar-refractivity contribution in [3.05, 3.63) is 270 Å². The Morgan fingerprint density at radius 2 is 0.894 bits per heavy atom. The first-order chi connectivity index (χ1) is 32.5. The van der Waals surface area contributed by atoms with E-state index >= 15 is 0 Å². The standard InChI is InChI=1S/C64H45NS/c1-63(2)54-38-36-48(39-53(54)61-57(63)41-59-62(52-28-16-18-30-58(52)66-59)60(61)44-21-9-4-10-22-44)65(47-33-31-43(32-34-47)42-19-7-3-8-20-42)49-35-37-51-50-27-15-17-29-55(50)64(56(51)40-49,45-23-11-5-12-24-45)46-25-13-6-14-26-46/h3-41H,1-2H3. The molecule has 2 aliphatic rings. The van der Waals surface area contributed by atoms with Crippen LogP contribution in [0.15, 0.2) is 237 Å². The average Bonchev–Trinajstić information content (AvgIpc) is 3.98. The van der Waals surface area contributed by atoms with Crippen LogP contribution in [0.3, 0.4) is 0 Å². The average molecular weight is 860 g/mol. The topological polar surface area (TPSA) is 3.24 Å². The minimum Gasteiger partial charge on any atom is -0.310 e. The monoisotopic (exact) mass is 859 g/mol. The van der Waals surface area contributed by atoms with Gasteiger partial charge in [-0.3, -0.25) is 0 Å². The number of thiophene rings is 1. The predicted molar refractivity (Wildman–Crippen MR) is 280 cm³/mol. The Morgan fingerprint density at radius 3 is 1.61 bits per heavy atom. The Labute approximate surface area is 390 Å². The van der Waals surface area contributed by atoms with Gasteiger partial charge in [0.25, 0.3) is 0 Å². The quantitative estimate of drug-likeness (QED) is 0.154. The molecule has 0 fully saturated rings. The Balaban J connectivity index is 1.08. The molecule has 0 unspecified atom stereocenters. The van der Waals surface area contributed by atoms with E-state index < -0.39 is 5.41 Å². The maximum atomic E-state index is 2.51. The zero-order chi connectivity index (χ0) is 44.0. The molecule has 10 aromatic carbocycles. The molecule has 0 radical (unpaired) electrons. The van der Waals surface area contributed by atoms with Gasteiger partial charge in [-0.05, 0) is 126 Å². The van der Waals surface area contributed by atoms with Gasteiger partial charge in [-0.2, -0.15) is 0 Å². The second-order valence-electron chi connectivity index (χ2n) is 18.4. The predicted octanol–water partition coefficient (Wildman–Crippen LogP) is 17.5. The van der Waals surface area contributed by atoms with E-state index in [1.165, 1.54) is 98.1 Å². The Hall–Kier alpha value is -7.78. The molecule has 0 saturated heterocycles. The molecular weight excluding hydrogens is 815 g/mol. The largest absolute Gasteiger partial charge is 0.310 e. The molecule has 1 aromatic heterocycles. The van der Waals surface area contributed by atoms with Crippen LogP contribution in [0.2, 0.25) is 0 Å². The van der Waals surface area contributed by atoms with Crippen LogP contribution in [-0.4, -0.2) is 0 Å². The summed E-state index contributed by atoms with van der Waals surface area (Å²) in [5, 5.41) is 2.67. The molecule has 1 heterocycles. The fourth-order valence-electron chi connectivity index (χ4n) is 11.6. The number of rotatable bonds is 7. The molecule has 0 atom stereocenters. The SMILES string of the molecule is CC1(C)c2ccc(N(c3ccc(-c4ccccc4)cc3)c3ccc4c(c3)C(c3ccccc3)(c3ccccc3)c3ccccc3-4)cc2-c2c1cc1sc3ccccc3c1c2-c1ccccc1. The van der Waals surface area contributed by atoms with Crippen LogP contribution in [0.5, 0.6) is 0 Å². The summed E-state index contributed by atoms with van der Waals surface area (Å²) in [5.41, 5.74) is 20.7. The maximum absolute atomic E-state index is 2.51. The number of hydrogen-bond donors (Lipinski definition) is 0. The maximum Gasteiger partial charge on any atom is 0.0714 e.